The summed E-state index contributed by atoms with van der Waals surface area (Å²) in [4.78, 5) is 9.13. The molecule has 1 aliphatic rings. The molecule has 0 fully saturated rings. The highest BCUT2D eigenvalue weighted by molar-refractivity contribution is 14.1. The van der Waals surface area contributed by atoms with Crippen molar-refractivity contribution in [1.29, 1.82) is 0 Å². The molecule has 0 radical (unpaired) electrons. The SMILES string of the molecule is Cc1nc(CNC2CCCc3cccnc32)sc1I. The molecule has 0 aromatic carbocycles. The van der Waals surface area contributed by atoms with E-state index in [2.05, 4.69) is 50.9 Å². The molecule has 1 aliphatic carbocycles. The van der Waals surface area contributed by atoms with Crippen LogP contribution in [0.3, 0.4) is 0 Å². The van der Waals surface area contributed by atoms with Crippen LogP contribution in [-0.4, -0.2) is 9.97 Å². The zero-order valence-electron chi connectivity index (χ0n) is 10.8. The number of thiazole rings is 1. The molecule has 0 saturated carbocycles. The van der Waals surface area contributed by atoms with Gasteiger partial charge >= 0.3 is 0 Å². The van der Waals surface area contributed by atoms with Crippen LogP contribution in [0.15, 0.2) is 18.3 Å². The molecule has 0 spiro atoms. The molecule has 3 nitrogen and oxygen atoms in total. The van der Waals surface area contributed by atoms with Crippen LogP contribution in [-0.2, 0) is 13.0 Å². The van der Waals surface area contributed by atoms with Crippen molar-refractivity contribution in [3.8, 4) is 0 Å². The highest BCUT2D eigenvalue weighted by Crippen LogP contribution is 2.28. The first-order valence-corrected chi connectivity index (χ1v) is 8.42. The first kappa shape index (κ1) is 13.5. The lowest BCUT2D eigenvalue weighted by Crippen LogP contribution is -2.25. The smallest absolute Gasteiger partial charge is 0.108 e. The van der Waals surface area contributed by atoms with Crippen LogP contribution in [0.25, 0.3) is 0 Å². The Morgan fingerprint density at radius 2 is 2.42 bits per heavy atom. The second kappa shape index (κ2) is 5.85. The molecule has 5 heteroatoms. The minimum Gasteiger partial charge on any atom is -0.302 e. The molecule has 19 heavy (non-hydrogen) atoms. The van der Waals surface area contributed by atoms with Crippen LogP contribution in [0, 0.1) is 9.81 Å². The van der Waals surface area contributed by atoms with Gasteiger partial charge in [-0.15, -0.1) is 11.3 Å². The van der Waals surface area contributed by atoms with Crippen LogP contribution >= 0.6 is 33.9 Å². The summed E-state index contributed by atoms with van der Waals surface area (Å²) in [7, 11) is 0. The Labute approximate surface area is 131 Å². The Kier molecular flexibility index (Phi) is 4.14. The molecule has 0 saturated heterocycles. The zero-order chi connectivity index (χ0) is 13.2. The minimum absolute atomic E-state index is 0.381. The lowest BCUT2D eigenvalue weighted by molar-refractivity contribution is 0.447. The summed E-state index contributed by atoms with van der Waals surface area (Å²) in [5.74, 6) is 0. The number of pyridine rings is 1. The quantitative estimate of drug-likeness (QED) is 0.821. The van der Waals surface area contributed by atoms with Crippen LogP contribution in [0.4, 0.5) is 0 Å². The molecule has 0 aliphatic heterocycles. The van der Waals surface area contributed by atoms with Crippen molar-refractivity contribution in [2.24, 2.45) is 0 Å². The Bertz CT molecular complexity index is 562. The standard InChI is InChI=1S/C14H16IN3S/c1-9-14(15)19-12(18-9)8-17-11-6-2-4-10-5-3-7-16-13(10)11/h3,5,7,11,17H,2,4,6,8H2,1H3. The summed E-state index contributed by atoms with van der Waals surface area (Å²) in [6, 6.07) is 4.62. The number of nitrogens with zero attached hydrogens (tertiary/aromatic N) is 2. The Balaban J connectivity index is 1.71. The largest absolute Gasteiger partial charge is 0.302 e. The first-order valence-electron chi connectivity index (χ1n) is 6.53. The maximum atomic E-state index is 4.58. The monoisotopic (exact) mass is 385 g/mol. The van der Waals surface area contributed by atoms with Crippen molar-refractivity contribution in [2.75, 3.05) is 0 Å². The second-order valence-corrected chi connectivity index (χ2v) is 7.73. The average Bonchev–Trinajstić information content (AvgIpc) is 2.75. The van der Waals surface area contributed by atoms with Crippen molar-refractivity contribution in [2.45, 2.75) is 38.8 Å². The van der Waals surface area contributed by atoms with E-state index in [0.717, 1.165) is 18.7 Å². The van der Waals surface area contributed by atoms with Gasteiger partial charge in [0, 0.05) is 12.7 Å². The molecule has 1 N–H and O–H groups in total. The van der Waals surface area contributed by atoms with E-state index in [9.17, 15) is 0 Å². The molecule has 1 unspecified atom stereocenters. The van der Waals surface area contributed by atoms with Gasteiger partial charge in [0.05, 0.1) is 20.3 Å². The number of aromatic nitrogens is 2. The van der Waals surface area contributed by atoms with E-state index in [1.165, 1.54) is 32.0 Å². The summed E-state index contributed by atoms with van der Waals surface area (Å²) in [6.45, 7) is 2.91. The van der Waals surface area contributed by atoms with E-state index in [0.29, 0.717) is 6.04 Å². The predicted molar refractivity (Wildman–Crippen MR) is 86.3 cm³/mol. The van der Waals surface area contributed by atoms with Crippen molar-refractivity contribution >= 4 is 33.9 Å². The molecule has 100 valence electrons. The Morgan fingerprint density at radius 1 is 1.53 bits per heavy atom. The van der Waals surface area contributed by atoms with E-state index in [1.54, 1.807) is 11.3 Å². The Hall–Kier alpha value is -0.530. The van der Waals surface area contributed by atoms with Crippen molar-refractivity contribution in [1.82, 2.24) is 15.3 Å². The van der Waals surface area contributed by atoms with Crippen LogP contribution < -0.4 is 5.32 Å². The Morgan fingerprint density at radius 3 is 3.21 bits per heavy atom. The summed E-state index contributed by atoms with van der Waals surface area (Å²) in [5, 5.41) is 4.79. The molecular formula is C14H16IN3S. The highest BCUT2D eigenvalue weighted by Gasteiger charge is 2.21. The predicted octanol–water partition coefficient (Wildman–Crippen LogP) is 3.62. The normalized spacial score (nSPS) is 18.3. The molecule has 1 atom stereocenters. The number of hydrogen-bond donors (Lipinski definition) is 1. The third-order valence-corrected chi connectivity index (χ3v) is 5.87. The lowest BCUT2D eigenvalue weighted by atomic mass is 9.92. The summed E-state index contributed by atoms with van der Waals surface area (Å²) >= 11 is 4.13. The van der Waals surface area contributed by atoms with Crippen molar-refractivity contribution in [3.63, 3.8) is 0 Å². The molecule has 0 amide bonds. The van der Waals surface area contributed by atoms with Gasteiger partial charge in [-0.2, -0.15) is 0 Å². The fraction of sp³-hybridized carbons (Fsp3) is 0.429. The van der Waals surface area contributed by atoms with Crippen LogP contribution in [0.2, 0.25) is 0 Å². The maximum absolute atomic E-state index is 4.58. The third-order valence-electron chi connectivity index (χ3n) is 3.48. The van der Waals surface area contributed by atoms with Gasteiger partial charge in [0.25, 0.3) is 0 Å². The van der Waals surface area contributed by atoms with Crippen LogP contribution in [0.5, 0.6) is 0 Å². The van der Waals surface area contributed by atoms with E-state index in [-0.39, 0.29) is 0 Å². The second-order valence-electron chi connectivity index (χ2n) is 4.84. The van der Waals surface area contributed by atoms with Gasteiger partial charge in [-0.05, 0) is 60.4 Å². The topological polar surface area (TPSA) is 37.8 Å². The molecule has 3 rings (SSSR count). The lowest BCUT2D eigenvalue weighted by Gasteiger charge is -2.24. The molecule has 2 aromatic rings. The fourth-order valence-corrected chi connectivity index (χ4v) is 4.15. The summed E-state index contributed by atoms with van der Waals surface area (Å²) < 4.78 is 1.29. The highest BCUT2D eigenvalue weighted by atomic mass is 127. The molecule has 2 heterocycles. The van der Waals surface area contributed by atoms with E-state index in [4.69, 9.17) is 0 Å². The van der Waals surface area contributed by atoms with Gasteiger partial charge in [0.15, 0.2) is 0 Å². The molecule has 0 bridgehead atoms. The van der Waals surface area contributed by atoms with Gasteiger partial charge in [0.1, 0.15) is 5.01 Å². The van der Waals surface area contributed by atoms with E-state index < -0.39 is 0 Å². The van der Waals surface area contributed by atoms with Gasteiger partial charge in [0.2, 0.25) is 0 Å². The first-order chi connectivity index (χ1) is 9.24. The van der Waals surface area contributed by atoms with Crippen molar-refractivity contribution in [3.05, 3.63) is 43.2 Å². The number of nitrogens with one attached hydrogen (secondary N) is 1. The van der Waals surface area contributed by atoms with Gasteiger partial charge < -0.3 is 5.32 Å². The van der Waals surface area contributed by atoms with Gasteiger partial charge in [-0.25, -0.2) is 4.98 Å². The number of halogens is 1. The number of fused-ring (bicyclic) bond motifs is 1. The number of rotatable bonds is 3. The summed E-state index contributed by atoms with van der Waals surface area (Å²) in [5.41, 5.74) is 3.78. The number of hydrogen-bond acceptors (Lipinski definition) is 4. The fourth-order valence-electron chi connectivity index (χ4n) is 2.53. The van der Waals surface area contributed by atoms with Crippen molar-refractivity contribution < 1.29 is 0 Å². The van der Waals surface area contributed by atoms with E-state index >= 15 is 0 Å². The molecule has 2 aromatic heterocycles. The number of aryl methyl sites for hydroxylation is 2. The van der Waals surface area contributed by atoms with Crippen LogP contribution in [0.1, 0.15) is 40.8 Å². The average molecular weight is 385 g/mol. The van der Waals surface area contributed by atoms with E-state index in [1.807, 2.05) is 12.3 Å². The minimum atomic E-state index is 0.381. The maximum Gasteiger partial charge on any atom is 0.108 e. The van der Waals surface area contributed by atoms with Gasteiger partial charge in [-0.1, -0.05) is 6.07 Å². The molecular weight excluding hydrogens is 369 g/mol. The summed E-state index contributed by atoms with van der Waals surface area (Å²) in [6.07, 6.45) is 5.47. The zero-order valence-corrected chi connectivity index (χ0v) is 13.8. The third kappa shape index (κ3) is 2.98. The van der Waals surface area contributed by atoms with Gasteiger partial charge in [-0.3, -0.25) is 4.98 Å².